The second kappa shape index (κ2) is 5.12. The van der Waals surface area contributed by atoms with E-state index in [0.29, 0.717) is 6.04 Å². The highest BCUT2D eigenvalue weighted by atomic mass is 32.1. The van der Waals surface area contributed by atoms with Crippen molar-refractivity contribution in [1.82, 2.24) is 4.98 Å². The average molecular weight is 232 g/mol. The number of nitrogens with one attached hydrogen (secondary N) is 1. The van der Waals surface area contributed by atoms with Gasteiger partial charge in [0.1, 0.15) is 5.82 Å². The third-order valence-electron chi connectivity index (χ3n) is 2.62. The van der Waals surface area contributed by atoms with Crippen molar-refractivity contribution in [1.29, 1.82) is 0 Å². The van der Waals surface area contributed by atoms with E-state index in [4.69, 9.17) is 0 Å². The monoisotopic (exact) mass is 232 g/mol. The lowest BCUT2D eigenvalue weighted by Crippen LogP contribution is -2.10. The smallest absolute Gasteiger partial charge is 0.129 e. The number of hydrogen-bond acceptors (Lipinski definition) is 3. The molecule has 1 atom stereocenters. The van der Waals surface area contributed by atoms with Gasteiger partial charge in [0.15, 0.2) is 0 Å². The van der Waals surface area contributed by atoms with E-state index in [9.17, 15) is 0 Å². The van der Waals surface area contributed by atoms with Crippen molar-refractivity contribution in [3.05, 3.63) is 46.3 Å². The van der Waals surface area contributed by atoms with Gasteiger partial charge < -0.3 is 5.32 Å². The molecule has 16 heavy (non-hydrogen) atoms. The van der Waals surface area contributed by atoms with E-state index in [1.54, 1.807) is 11.3 Å². The molecule has 0 amide bonds. The van der Waals surface area contributed by atoms with Crippen LogP contribution in [0.3, 0.4) is 0 Å². The molecule has 2 aromatic heterocycles. The minimum atomic E-state index is 0.369. The number of anilines is 1. The van der Waals surface area contributed by atoms with Gasteiger partial charge in [-0.2, -0.15) is 0 Å². The van der Waals surface area contributed by atoms with Crippen LogP contribution >= 0.6 is 11.3 Å². The van der Waals surface area contributed by atoms with Crippen LogP contribution in [0.25, 0.3) is 0 Å². The van der Waals surface area contributed by atoms with Crippen LogP contribution in [0.2, 0.25) is 0 Å². The third kappa shape index (κ3) is 2.42. The molecule has 0 radical (unpaired) electrons. The van der Waals surface area contributed by atoms with E-state index < -0.39 is 0 Å². The summed E-state index contributed by atoms with van der Waals surface area (Å²) < 4.78 is 0. The van der Waals surface area contributed by atoms with Crippen molar-refractivity contribution in [3.63, 3.8) is 0 Å². The fourth-order valence-corrected chi connectivity index (χ4v) is 2.53. The van der Waals surface area contributed by atoms with E-state index in [1.807, 2.05) is 12.3 Å². The topological polar surface area (TPSA) is 24.9 Å². The second-order valence-electron chi connectivity index (χ2n) is 3.79. The molecular weight excluding hydrogens is 216 g/mol. The molecule has 0 bridgehead atoms. The Bertz CT molecular complexity index is 437. The maximum Gasteiger partial charge on any atom is 0.129 e. The summed E-state index contributed by atoms with van der Waals surface area (Å²) in [5, 5.41) is 5.61. The molecule has 1 unspecified atom stereocenters. The van der Waals surface area contributed by atoms with Gasteiger partial charge in [0.05, 0.1) is 6.04 Å². The van der Waals surface area contributed by atoms with Crippen LogP contribution in [0.5, 0.6) is 0 Å². The van der Waals surface area contributed by atoms with E-state index in [2.05, 4.69) is 47.7 Å². The molecule has 0 fully saturated rings. The van der Waals surface area contributed by atoms with E-state index >= 15 is 0 Å². The number of aromatic nitrogens is 1. The van der Waals surface area contributed by atoms with Gasteiger partial charge in [-0.15, -0.1) is 11.3 Å². The predicted molar refractivity (Wildman–Crippen MR) is 69.9 cm³/mol. The molecule has 2 heterocycles. The van der Waals surface area contributed by atoms with Crippen molar-refractivity contribution in [2.75, 3.05) is 5.32 Å². The van der Waals surface area contributed by atoms with Crippen molar-refractivity contribution in [2.24, 2.45) is 0 Å². The molecule has 84 valence electrons. The Labute approximate surface area is 100 Å². The number of thiophene rings is 1. The lowest BCUT2D eigenvalue weighted by molar-refractivity contribution is 0.757. The summed E-state index contributed by atoms with van der Waals surface area (Å²) >= 11 is 1.79. The summed E-state index contributed by atoms with van der Waals surface area (Å²) in [6, 6.07) is 8.68. The van der Waals surface area contributed by atoms with Crippen molar-refractivity contribution in [2.45, 2.75) is 26.3 Å². The van der Waals surface area contributed by atoms with Crippen LogP contribution in [0.1, 0.15) is 29.8 Å². The molecule has 0 aliphatic rings. The van der Waals surface area contributed by atoms with Crippen LogP contribution in [-0.2, 0) is 0 Å². The van der Waals surface area contributed by atoms with Gasteiger partial charge >= 0.3 is 0 Å². The molecule has 2 rings (SSSR count). The Morgan fingerprint density at radius 3 is 2.88 bits per heavy atom. The molecule has 2 nitrogen and oxygen atoms in total. The van der Waals surface area contributed by atoms with Crippen molar-refractivity contribution < 1.29 is 0 Å². The van der Waals surface area contributed by atoms with Crippen LogP contribution in [0.15, 0.2) is 35.8 Å². The standard InChI is InChI=1S/C13H16N2S/c1-3-11(12-7-5-9-16-12)15-13-10(2)6-4-8-14-13/h4-9,11H,3H2,1-2H3,(H,14,15). The van der Waals surface area contributed by atoms with E-state index in [0.717, 1.165) is 12.2 Å². The summed E-state index contributed by atoms with van der Waals surface area (Å²) in [5.41, 5.74) is 1.19. The molecule has 2 aromatic rings. The lowest BCUT2D eigenvalue weighted by Gasteiger charge is -2.17. The Morgan fingerprint density at radius 1 is 1.38 bits per heavy atom. The summed E-state index contributed by atoms with van der Waals surface area (Å²) in [6.07, 6.45) is 2.90. The Hall–Kier alpha value is -1.35. The maximum absolute atomic E-state index is 4.37. The first-order valence-electron chi connectivity index (χ1n) is 5.53. The lowest BCUT2D eigenvalue weighted by atomic mass is 10.2. The minimum absolute atomic E-state index is 0.369. The molecule has 1 N–H and O–H groups in total. The highest BCUT2D eigenvalue weighted by Crippen LogP contribution is 2.26. The maximum atomic E-state index is 4.37. The van der Waals surface area contributed by atoms with Gasteiger partial charge in [-0.3, -0.25) is 0 Å². The summed E-state index contributed by atoms with van der Waals surface area (Å²) in [6.45, 7) is 4.27. The molecule has 3 heteroatoms. The molecule has 0 aliphatic carbocycles. The first-order chi connectivity index (χ1) is 7.81. The Morgan fingerprint density at radius 2 is 2.25 bits per heavy atom. The molecular formula is C13H16N2S. The van der Waals surface area contributed by atoms with Gasteiger partial charge in [-0.1, -0.05) is 19.1 Å². The van der Waals surface area contributed by atoms with Crippen molar-refractivity contribution >= 4 is 17.2 Å². The van der Waals surface area contributed by atoms with Crippen LogP contribution < -0.4 is 5.32 Å². The van der Waals surface area contributed by atoms with Gasteiger partial charge in [0, 0.05) is 11.1 Å². The molecule has 0 aromatic carbocycles. The van der Waals surface area contributed by atoms with Gasteiger partial charge in [-0.25, -0.2) is 4.98 Å². The number of rotatable bonds is 4. The summed E-state index contributed by atoms with van der Waals surface area (Å²) in [5.74, 6) is 0.989. The third-order valence-corrected chi connectivity index (χ3v) is 3.60. The first-order valence-corrected chi connectivity index (χ1v) is 6.40. The second-order valence-corrected chi connectivity index (χ2v) is 4.77. The Kier molecular flexibility index (Phi) is 3.57. The van der Waals surface area contributed by atoms with Gasteiger partial charge in [0.2, 0.25) is 0 Å². The summed E-state index contributed by atoms with van der Waals surface area (Å²) in [4.78, 5) is 5.74. The predicted octanol–water partition coefficient (Wildman–Crippen LogP) is 4.01. The van der Waals surface area contributed by atoms with Gasteiger partial charge in [0.25, 0.3) is 0 Å². The Balaban J connectivity index is 2.17. The van der Waals surface area contributed by atoms with Gasteiger partial charge in [-0.05, 0) is 36.4 Å². The van der Waals surface area contributed by atoms with Crippen LogP contribution in [0, 0.1) is 6.92 Å². The first kappa shape index (κ1) is 11.1. The molecule has 0 saturated carbocycles. The van der Waals surface area contributed by atoms with Crippen molar-refractivity contribution in [3.8, 4) is 0 Å². The van der Waals surface area contributed by atoms with Crippen LogP contribution in [0.4, 0.5) is 5.82 Å². The number of aryl methyl sites for hydroxylation is 1. The molecule has 0 saturated heterocycles. The number of nitrogens with zero attached hydrogens (tertiary/aromatic N) is 1. The minimum Gasteiger partial charge on any atom is -0.362 e. The number of hydrogen-bond donors (Lipinski definition) is 1. The van der Waals surface area contributed by atoms with E-state index in [1.165, 1.54) is 10.4 Å². The molecule has 0 aliphatic heterocycles. The zero-order valence-electron chi connectivity index (χ0n) is 9.60. The fraction of sp³-hybridized carbons (Fsp3) is 0.308. The molecule has 0 spiro atoms. The van der Waals surface area contributed by atoms with E-state index in [-0.39, 0.29) is 0 Å². The number of pyridine rings is 1. The zero-order chi connectivity index (χ0) is 11.4. The zero-order valence-corrected chi connectivity index (χ0v) is 10.4. The largest absolute Gasteiger partial charge is 0.362 e. The normalized spacial score (nSPS) is 12.4. The van der Waals surface area contributed by atoms with Crippen LogP contribution in [-0.4, -0.2) is 4.98 Å². The summed E-state index contributed by atoms with van der Waals surface area (Å²) in [7, 11) is 0. The highest BCUT2D eigenvalue weighted by molar-refractivity contribution is 7.10. The fourth-order valence-electron chi connectivity index (χ4n) is 1.67. The highest BCUT2D eigenvalue weighted by Gasteiger charge is 2.11. The average Bonchev–Trinajstić information content (AvgIpc) is 2.81. The quantitative estimate of drug-likeness (QED) is 0.861. The SMILES string of the molecule is CCC(Nc1ncccc1C)c1cccs1.